The molecule has 0 radical (unpaired) electrons. The Labute approximate surface area is 167 Å². The third-order valence-corrected chi connectivity index (χ3v) is 5.47. The largest absolute Gasteiger partial charge is 0.494 e. The molecule has 0 unspecified atom stereocenters. The average molecular weight is 405 g/mol. The molecule has 0 aromatic heterocycles. The molecule has 28 heavy (non-hydrogen) atoms. The molecule has 0 fully saturated rings. The van der Waals surface area contributed by atoms with Gasteiger partial charge in [-0.05, 0) is 55.7 Å². The highest BCUT2D eigenvalue weighted by atomic mass is 32.2. The molecule has 152 valence electrons. The first-order chi connectivity index (χ1) is 13.3. The Bertz CT molecular complexity index is 880. The molecule has 1 amide bonds. The van der Waals surface area contributed by atoms with Gasteiger partial charge in [0.2, 0.25) is 15.9 Å². The van der Waals surface area contributed by atoms with Gasteiger partial charge in [0, 0.05) is 18.7 Å². The van der Waals surface area contributed by atoms with Crippen molar-refractivity contribution >= 4 is 27.3 Å². The molecule has 1 N–H and O–H groups in total. The van der Waals surface area contributed by atoms with E-state index < -0.39 is 10.0 Å². The highest BCUT2D eigenvalue weighted by Gasteiger charge is 2.18. The van der Waals surface area contributed by atoms with Gasteiger partial charge >= 0.3 is 0 Å². The highest BCUT2D eigenvalue weighted by molar-refractivity contribution is 7.92. The van der Waals surface area contributed by atoms with Crippen molar-refractivity contribution in [3.05, 3.63) is 54.1 Å². The summed E-state index contributed by atoms with van der Waals surface area (Å²) >= 11 is 0. The van der Waals surface area contributed by atoms with Crippen molar-refractivity contribution in [2.24, 2.45) is 0 Å². The van der Waals surface area contributed by atoms with Crippen molar-refractivity contribution in [2.45, 2.75) is 33.1 Å². The first-order valence-electron chi connectivity index (χ1n) is 9.43. The van der Waals surface area contributed by atoms with Crippen molar-refractivity contribution in [1.82, 2.24) is 0 Å². The fourth-order valence-electron chi connectivity index (χ4n) is 2.91. The number of nitrogens with one attached hydrogen (secondary N) is 1. The Morgan fingerprint density at radius 3 is 2.36 bits per heavy atom. The molecular weight excluding hydrogens is 376 g/mol. The van der Waals surface area contributed by atoms with Crippen molar-refractivity contribution in [3.8, 4) is 5.75 Å². The van der Waals surface area contributed by atoms with E-state index in [0.717, 1.165) is 17.7 Å². The van der Waals surface area contributed by atoms with Crippen molar-refractivity contribution in [1.29, 1.82) is 0 Å². The van der Waals surface area contributed by atoms with Crippen LogP contribution in [0.3, 0.4) is 0 Å². The van der Waals surface area contributed by atoms with E-state index in [0.29, 0.717) is 24.5 Å². The lowest BCUT2D eigenvalue weighted by atomic mass is 10.1. The first-order valence-corrected chi connectivity index (χ1v) is 11.3. The number of benzene rings is 2. The Morgan fingerprint density at radius 1 is 1.07 bits per heavy atom. The van der Waals surface area contributed by atoms with E-state index in [1.54, 1.807) is 24.3 Å². The van der Waals surface area contributed by atoms with Gasteiger partial charge < -0.3 is 10.1 Å². The number of hydrogen-bond acceptors (Lipinski definition) is 4. The zero-order valence-electron chi connectivity index (χ0n) is 16.6. The van der Waals surface area contributed by atoms with E-state index in [1.807, 2.05) is 38.1 Å². The van der Waals surface area contributed by atoms with Crippen LogP contribution in [0.15, 0.2) is 48.5 Å². The van der Waals surface area contributed by atoms with Crippen LogP contribution in [0.2, 0.25) is 0 Å². The van der Waals surface area contributed by atoms with E-state index in [4.69, 9.17) is 4.74 Å². The molecule has 2 aromatic rings. The Kier molecular flexibility index (Phi) is 7.87. The summed E-state index contributed by atoms with van der Waals surface area (Å²) in [6.45, 7) is 4.70. The molecule has 0 heterocycles. The molecule has 0 aliphatic heterocycles. The van der Waals surface area contributed by atoms with E-state index in [-0.39, 0.29) is 18.9 Å². The SMILES string of the molecule is CCOc1ccc(N(CCCC(=O)Nc2ccccc2CC)S(C)(=O)=O)cc1. The third kappa shape index (κ3) is 6.27. The summed E-state index contributed by atoms with van der Waals surface area (Å²) in [5.74, 6) is 0.565. The summed E-state index contributed by atoms with van der Waals surface area (Å²) in [5, 5.41) is 2.91. The molecule has 2 rings (SSSR count). The number of carbonyl (C=O) groups excluding carboxylic acids is 1. The predicted molar refractivity (Wildman–Crippen MR) is 113 cm³/mol. The van der Waals surface area contributed by atoms with Crippen LogP contribution in [0.4, 0.5) is 11.4 Å². The quantitative estimate of drug-likeness (QED) is 0.653. The van der Waals surface area contributed by atoms with Gasteiger partial charge in [-0.2, -0.15) is 0 Å². The first kappa shape index (κ1) is 21.8. The molecule has 0 atom stereocenters. The number of aryl methyl sites for hydroxylation is 1. The number of sulfonamides is 1. The lowest BCUT2D eigenvalue weighted by Gasteiger charge is -2.22. The summed E-state index contributed by atoms with van der Waals surface area (Å²) in [6.07, 6.45) is 2.65. The summed E-state index contributed by atoms with van der Waals surface area (Å²) in [4.78, 5) is 12.3. The molecule has 0 saturated carbocycles. The summed E-state index contributed by atoms with van der Waals surface area (Å²) in [6, 6.07) is 14.6. The number of para-hydroxylation sites is 1. The molecule has 0 saturated heterocycles. The zero-order chi connectivity index (χ0) is 20.6. The lowest BCUT2D eigenvalue weighted by Crippen LogP contribution is -2.31. The average Bonchev–Trinajstić information content (AvgIpc) is 2.66. The van der Waals surface area contributed by atoms with Gasteiger partial charge in [0.1, 0.15) is 5.75 Å². The molecule has 0 bridgehead atoms. The minimum Gasteiger partial charge on any atom is -0.494 e. The number of nitrogens with zero attached hydrogens (tertiary/aromatic N) is 1. The van der Waals surface area contributed by atoms with Gasteiger partial charge in [-0.15, -0.1) is 0 Å². The third-order valence-electron chi connectivity index (χ3n) is 4.27. The van der Waals surface area contributed by atoms with Crippen LogP contribution < -0.4 is 14.4 Å². The minimum absolute atomic E-state index is 0.124. The van der Waals surface area contributed by atoms with Crippen molar-refractivity contribution in [2.75, 3.05) is 29.0 Å². The van der Waals surface area contributed by atoms with Crippen molar-refractivity contribution < 1.29 is 17.9 Å². The minimum atomic E-state index is -3.45. The Hall–Kier alpha value is -2.54. The number of ether oxygens (including phenoxy) is 1. The second-order valence-electron chi connectivity index (χ2n) is 6.42. The van der Waals surface area contributed by atoms with Crippen LogP contribution in [0.25, 0.3) is 0 Å². The molecular formula is C21H28N2O4S. The second kappa shape index (κ2) is 10.1. The maximum Gasteiger partial charge on any atom is 0.232 e. The summed E-state index contributed by atoms with van der Waals surface area (Å²) < 4.78 is 31.1. The number of carbonyl (C=O) groups is 1. The Morgan fingerprint density at radius 2 is 1.75 bits per heavy atom. The number of amides is 1. The van der Waals surface area contributed by atoms with E-state index in [2.05, 4.69) is 5.32 Å². The van der Waals surface area contributed by atoms with Crippen LogP contribution >= 0.6 is 0 Å². The monoisotopic (exact) mass is 404 g/mol. The fourth-order valence-corrected chi connectivity index (χ4v) is 3.87. The molecule has 0 aliphatic carbocycles. The maximum atomic E-state index is 12.3. The molecule has 7 heteroatoms. The van der Waals surface area contributed by atoms with Crippen molar-refractivity contribution in [3.63, 3.8) is 0 Å². The molecule has 6 nitrogen and oxygen atoms in total. The lowest BCUT2D eigenvalue weighted by molar-refractivity contribution is -0.116. The van der Waals surface area contributed by atoms with Gasteiger partial charge in [0.25, 0.3) is 0 Å². The summed E-state index contributed by atoms with van der Waals surface area (Å²) in [7, 11) is -3.45. The number of rotatable bonds is 10. The van der Waals surface area contributed by atoms with Gasteiger partial charge in [-0.25, -0.2) is 8.42 Å². The highest BCUT2D eigenvalue weighted by Crippen LogP contribution is 2.22. The topological polar surface area (TPSA) is 75.7 Å². The van der Waals surface area contributed by atoms with E-state index >= 15 is 0 Å². The number of anilines is 2. The maximum absolute atomic E-state index is 12.3. The van der Waals surface area contributed by atoms with Crippen LogP contribution in [-0.4, -0.2) is 33.7 Å². The second-order valence-corrected chi connectivity index (χ2v) is 8.33. The number of hydrogen-bond donors (Lipinski definition) is 1. The van der Waals surface area contributed by atoms with Crippen LogP contribution in [0.1, 0.15) is 32.3 Å². The fraction of sp³-hybridized carbons (Fsp3) is 0.381. The zero-order valence-corrected chi connectivity index (χ0v) is 17.5. The normalized spacial score (nSPS) is 11.1. The van der Waals surface area contributed by atoms with E-state index in [9.17, 15) is 13.2 Å². The van der Waals surface area contributed by atoms with E-state index in [1.165, 1.54) is 10.6 Å². The van der Waals surface area contributed by atoms with Gasteiger partial charge in [0.15, 0.2) is 0 Å². The standard InChI is InChI=1S/C21H28N2O4S/c1-4-17-9-6-7-10-20(17)22-21(24)11-8-16-23(28(3,25)26)18-12-14-19(15-13-18)27-5-2/h6-7,9-10,12-15H,4-5,8,11,16H2,1-3H3,(H,22,24). The summed E-state index contributed by atoms with van der Waals surface area (Å²) in [5.41, 5.74) is 2.44. The van der Waals surface area contributed by atoms with Crippen LogP contribution in [-0.2, 0) is 21.2 Å². The van der Waals surface area contributed by atoms with Gasteiger partial charge in [-0.1, -0.05) is 25.1 Å². The Balaban J connectivity index is 1.97. The molecule has 0 spiro atoms. The molecule has 2 aromatic carbocycles. The van der Waals surface area contributed by atoms with Gasteiger partial charge in [-0.3, -0.25) is 9.10 Å². The van der Waals surface area contributed by atoms with Gasteiger partial charge in [0.05, 0.1) is 18.6 Å². The van der Waals surface area contributed by atoms with Crippen LogP contribution in [0, 0.1) is 0 Å². The van der Waals surface area contributed by atoms with Crippen LogP contribution in [0.5, 0.6) is 5.75 Å². The molecule has 0 aliphatic rings. The predicted octanol–water partition coefficient (Wildman–Crippen LogP) is 3.83. The smallest absolute Gasteiger partial charge is 0.232 e.